The molecule has 0 aliphatic carbocycles. The SMILES string of the molecule is CCn1c(CC(C)N)cc2ccc(O)cc21. The number of aryl methyl sites for hydroxylation is 1. The molecular weight excluding hydrogens is 200 g/mol. The van der Waals surface area contributed by atoms with E-state index in [0.29, 0.717) is 5.75 Å². The Morgan fingerprint density at radius 1 is 1.38 bits per heavy atom. The molecule has 86 valence electrons. The smallest absolute Gasteiger partial charge is 0.117 e. The van der Waals surface area contributed by atoms with E-state index in [9.17, 15) is 5.11 Å². The van der Waals surface area contributed by atoms with E-state index in [-0.39, 0.29) is 6.04 Å². The zero-order chi connectivity index (χ0) is 11.7. The van der Waals surface area contributed by atoms with Gasteiger partial charge in [-0.3, -0.25) is 0 Å². The summed E-state index contributed by atoms with van der Waals surface area (Å²) in [4.78, 5) is 0. The van der Waals surface area contributed by atoms with Gasteiger partial charge >= 0.3 is 0 Å². The molecule has 1 unspecified atom stereocenters. The van der Waals surface area contributed by atoms with Crippen molar-refractivity contribution < 1.29 is 5.11 Å². The van der Waals surface area contributed by atoms with Crippen molar-refractivity contribution in [2.75, 3.05) is 0 Å². The maximum atomic E-state index is 9.50. The second-order valence-electron chi connectivity index (χ2n) is 4.30. The minimum absolute atomic E-state index is 0.156. The van der Waals surface area contributed by atoms with Gasteiger partial charge in [0.05, 0.1) is 5.52 Å². The summed E-state index contributed by atoms with van der Waals surface area (Å²) in [5, 5.41) is 10.7. The summed E-state index contributed by atoms with van der Waals surface area (Å²) in [6, 6.07) is 7.79. The lowest BCUT2D eigenvalue weighted by Gasteiger charge is -2.09. The summed E-state index contributed by atoms with van der Waals surface area (Å²) in [7, 11) is 0. The molecule has 2 aromatic rings. The number of aromatic nitrogens is 1. The topological polar surface area (TPSA) is 51.2 Å². The standard InChI is InChI=1S/C13H18N2O/c1-3-15-11(6-9(2)14)7-10-4-5-12(16)8-13(10)15/h4-5,7-9,16H,3,6,14H2,1-2H3. The van der Waals surface area contributed by atoms with Gasteiger partial charge in [-0.25, -0.2) is 0 Å². The molecule has 3 nitrogen and oxygen atoms in total. The minimum Gasteiger partial charge on any atom is -0.508 e. The summed E-state index contributed by atoms with van der Waals surface area (Å²) < 4.78 is 2.21. The lowest BCUT2D eigenvalue weighted by atomic mass is 10.2. The van der Waals surface area contributed by atoms with Crippen LogP contribution in [-0.4, -0.2) is 15.7 Å². The minimum atomic E-state index is 0.156. The van der Waals surface area contributed by atoms with E-state index in [1.807, 2.05) is 19.1 Å². The fourth-order valence-corrected chi connectivity index (χ4v) is 2.17. The maximum absolute atomic E-state index is 9.50. The number of phenolic OH excluding ortho intramolecular Hbond substituents is 1. The number of fused-ring (bicyclic) bond motifs is 1. The second kappa shape index (κ2) is 4.18. The number of nitrogens with zero attached hydrogens (tertiary/aromatic N) is 1. The Balaban J connectivity index is 2.57. The van der Waals surface area contributed by atoms with Gasteiger partial charge in [-0.1, -0.05) is 0 Å². The van der Waals surface area contributed by atoms with Crippen LogP contribution >= 0.6 is 0 Å². The average molecular weight is 218 g/mol. The van der Waals surface area contributed by atoms with Gasteiger partial charge in [-0.2, -0.15) is 0 Å². The molecule has 0 amide bonds. The summed E-state index contributed by atoms with van der Waals surface area (Å²) in [6.45, 7) is 5.01. The highest BCUT2D eigenvalue weighted by molar-refractivity contribution is 5.82. The zero-order valence-electron chi connectivity index (χ0n) is 9.77. The normalized spacial score (nSPS) is 13.2. The first kappa shape index (κ1) is 11.0. The molecular formula is C13H18N2O. The molecule has 0 aliphatic rings. The Morgan fingerprint density at radius 3 is 2.75 bits per heavy atom. The van der Waals surface area contributed by atoms with E-state index in [2.05, 4.69) is 17.6 Å². The average Bonchev–Trinajstić information content (AvgIpc) is 2.53. The Morgan fingerprint density at radius 2 is 2.12 bits per heavy atom. The van der Waals surface area contributed by atoms with Gasteiger partial charge in [0.15, 0.2) is 0 Å². The summed E-state index contributed by atoms with van der Waals surface area (Å²) in [6.07, 6.45) is 0.864. The molecule has 0 aliphatic heterocycles. The predicted octanol–water partition coefficient (Wildman–Crippen LogP) is 2.26. The van der Waals surface area contributed by atoms with Crippen molar-refractivity contribution in [2.24, 2.45) is 5.73 Å². The third-order valence-electron chi connectivity index (χ3n) is 2.82. The lowest BCUT2D eigenvalue weighted by Crippen LogP contribution is -2.19. The van der Waals surface area contributed by atoms with Gasteiger partial charge in [0.2, 0.25) is 0 Å². The van der Waals surface area contributed by atoms with E-state index in [4.69, 9.17) is 5.73 Å². The monoisotopic (exact) mass is 218 g/mol. The molecule has 1 aromatic heterocycles. The number of hydrogen-bond donors (Lipinski definition) is 2. The van der Waals surface area contributed by atoms with Gasteiger partial charge in [-0.05, 0) is 32.0 Å². The molecule has 0 bridgehead atoms. The lowest BCUT2D eigenvalue weighted by molar-refractivity contribution is 0.476. The molecule has 0 saturated heterocycles. The number of hydrogen-bond acceptors (Lipinski definition) is 2. The Kier molecular flexibility index (Phi) is 2.88. The molecule has 0 saturated carbocycles. The highest BCUT2D eigenvalue weighted by Crippen LogP contribution is 2.24. The molecule has 2 rings (SSSR count). The highest BCUT2D eigenvalue weighted by atomic mass is 16.3. The summed E-state index contributed by atoms with van der Waals surface area (Å²) in [5.74, 6) is 0.313. The highest BCUT2D eigenvalue weighted by Gasteiger charge is 2.09. The largest absolute Gasteiger partial charge is 0.508 e. The zero-order valence-corrected chi connectivity index (χ0v) is 9.77. The second-order valence-corrected chi connectivity index (χ2v) is 4.30. The first-order valence-electron chi connectivity index (χ1n) is 5.68. The molecule has 0 fully saturated rings. The van der Waals surface area contributed by atoms with Crippen LogP contribution in [0.2, 0.25) is 0 Å². The fourth-order valence-electron chi connectivity index (χ4n) is 2.17. The van der Waals surface area contributed by atoms with Gasteiger partial charge in [-0.15, -0.1) is 0 Å². The first-order valence-corrected chi connectivity index (χ1v) is 5.68. The first-order chi connectivity index (χ1) is 7.61. The van der Waals surface area contributed by atoms with Gasteiger partial charge in [0, 0.05) is 36.2 Å². The van der Waals surface area contributed by atoms with Crippen LogP contribution in [0.15, 0.2) is 24.3 Å². The van der Waals surface area contributed by atoms with E-state index < -0.39 is 0 Å². The number of aromatic hydroxyl groups is 1. The van der Waals surface area contributed by atoms with Crippen molar-refractivity contribution in [1.29, 1.82) is 0 Å². The van der Waals surface area contributed by atoms with Crippen LogP contribution in [0.25, 0.3) is 10.9 Å². The van der Waals surface area contributed by atoms with Gasteiger partial charge in [0.25, 0.3) is 0 Å². The van der Waals surface area contributed by atoms with Crippen LogP contribution in [0.5, 0.6) is 5.75 Å². The van der Waals surface area contributed by atoms with Crippen molar-refractivity contribution in [3.63, 3.8) is 0 Å². The molecule has 1 atom stereocenters. The number of phenols is 1. The van der Waals surface area contributed by atoms with Crippen molar-refractivity contribution in [3.8, 4) is 5.75 Å². The number of rotatable bonds is 3. The van der Waals surface area contributed by atoms with Crippen LogP contribution in [0.1, 0.15) is 19.5 Å². The van der Waals surface area contributed by atoms with E-state index >= 15 is 0 Å². The van der Waals surface area contributed by atoms with Crippen molar-refractivity contribution in [1.82, 2.24) is 4.57 Å². The van der Waals surface area contributed by atoms with Gasteiger partial charge in [0.1, 0.15) is 5.75 Å². The third kappa shape index (κ3) is 1.91. The van der Waals surface area contributed by atoms with E-state index in [1.54, 1.807) is 6.07 Å². The number of benzene rings is 1. The maximum Gasteiger partial charge on any atom is 0.117 e. The molecule has 1 heterocycles. The van der Waals surface area contributed by atoms with Crippen molar-refractivity contribution in [3.05, 3.63) is 30.0 Å². The van der Waals surface area contributed by atoms with Gasteiger partial charge < -0.3 is 15.4 Å². The molecule has 0 spiro atoms. The Labute approximate surface area is 95.5 Å². The fraction of sp³-hybridized carbons (Fsp3) is 0.385. The Bertz CT molecular complexity index is 500. The number of nitrogens with two attached hydrogens (primary N) is 1. The van der Waals surface area contributed by atoms with Crippen LogP contribution < -0.4 is 5.73 Å². The molecule has 3 N–H and O–H groups in total. The van der Waals surface area contributed by atoms with E-state index in [0.717, 1.165) is 23.9 Å². The van der Waals surface area contributed by atoms with Crippen LogP contribution in [0.3, 0.4) is 0 Å². The predicted molar refractivity (Wildman–Crippen MR) is 66.6 cm³/mol. The summed E-state index contributed by atoms with van der Waals surface area (Å²) >= 11 is 0. The quantitative estimate of drug-likeness (QED) is 0.830. The molecule has 1 aromatic carbocycles. The molecule has 16 heavy (non-hydrogen) atoms. The third-order valence-corrected chi connectivity index (χ3v) is 2.82. The molecule has 3 heteroatoms. The Hall–Kier alpha value is -1.48. The van der Waals surface area contributed by atoms with Crippen molar-refractivity contribution >= 4 is 10.9 Å². The summed E-state index contributed by atoms with van der Waals surface area (Å²) in [5.41, 5.74) is 8.15. The van der Waals surface area contributed by atoms with Crippen LogP contribution in [-0.2, 0) is 13.0 Å². The molecule has 0 radical (unpaired) electrons. The van der Waals surface area contributed by atoms with Crippen LogP contribution in [0, 0.1) is 0 Å². The van der Waals surface area contributed by atoms with Crippen molar-refractivity contribution in [2.45, 2.75) is 32.9 Å². The van der Waals surface area contributed by atoms with Crippen LogP contribution in [0.4, 0.5) is 0 Å². The van der Waals surface area contributed by atoms with E-state index in [1.165, 1.54) is 5.69 Å².